The van der Waals surface area contributed by atoms with Crippen LogP contribution in [0.15, 0.2) is 54.6 Å². The topological polar surface area (TPSA) is 76.0 Å². The quantitative estimate of drug-likeness (QED) is 0.674. The van der Waals surface area contributed by atoms with Gasteiger partial charge in [-0.1, -0.05) is 42.5 Å². The van der Waals surface area contributed by atoms with Crippen molar-refractivity contribution in [3.8, 4) is 0 Å². The number of aryl methyl sites for hydroxylation is 2. The molecule has 6 nitrogen and oxygen atoms in total. The summed E-state index contributed by atoms with van der Waals surface area (Å²) in [4.78, 5) is 25.5. The molecule has 1 aromatic heterocycles. The molecule has 0 spiro atoms. The molecule has 6 heteroatoms. The van der Waals surface area contributed by atoms with Crippen molar-refractivity contribution in [3.63, 3.8) is 0 Å². The predicted octanol–water partition coefficient (Wildman–Crippen LogP) is 3.71. The van der Waals surface area contributed by atoms with Crippen molar-refractivity contribution in [2.24, 2.45) is 7.05 Å². The van der Waals surface area contributed by atoms with E-state index in [0.717, 1.165) is 22.5 Å². The van der Waals surface area contributed by atoms with Gasteiger partial charge in [0.15, 0.2) is 0 Å². The Labute approximate surface area is 170 Å². The zero-order chi connectivity index (χ0) is 21.0. The lowest BCUT2D eigenvalue weighted by Crippen LogP contribution is -2.28. The molecule has 2 N–H and O–H groups in total. The van der Waals surface area contributed by atoms with Crippen molar-refractivity contribution >= 4 is 17.5 Å². The highest BCUT2D eigenvalue weighted by Crippen LogP contribution is 2.19. The maximum absolute atomic E-state index is 12.8. The summed E-state index contributed by atoms with van der Waals surface area (Å²) in [6.07, 6.45) is 0.210. The highest BCUT2D eigenvalue weighted by atomic mass is 16.2. The van der Waals surface area contributed by atoms with Crippen LogP contribution < -0.4 is 10.6 Å². The minimum Gasteiger partial charge on any atom is -0.345 e. The summed E-state index contributed by atoms with van der Waals surface area (Å²) in [5, 5.41) is 10.2. The van der Waals surface area contributed by atoms with Crippen LogP contribution in [0.2, 0.25) is 0 Å². The molecule has 0 aliphatic rings. The molecule has 3 rings (SSSR count). The second kappa shape index (κ2) is 8.73. The maximum Gasteiger partial charge on any atom is 0.253 e. The fourth-order valence-corrected chi connectivity index (χ4v) is 3.32. The molecule has 1 heterocycles. The van der Waals surface area contributed by atoms with E-state index >= 15 is 0 Å². The van der Waals surface area contributed by atoms with Crippen LogP contribution in [0.5, 0.6) is 0 Å². The Morgan fingerprint density at radius 1 is 1.03 bits per heavy atom. The summed E-state index contributed by atoms with van der Waals surface area (Å²) in [5.74, 6) is -0.411. The van der Waals surface area contributed by atoms with Crippen LogP contribution in [0.25, 0.3) is 0 Å². The van der Waals surface area contributed by atoms with E-state index in [0.29, 0.717) is 11.3 Å². The first-order valence-electron chi connectivity index (χ1n) is 9.60. The van der Waals surface area contributed by atoms with E-state index < -0.39 is 0 Å². The minimum absolute atomic E-state index is 0.145. The van der Waals surface area contributed by atoms with E-state index in [9.17, 15) is 9.59 Å². The number of hydrogen-bond donors (Lipinski definition) is 2. The van der Waals surface area contributed by atoms with Crippen LogP contribution >= 0.6 is 0 Å². The number of amides is 2. The predicted molar refractivity (Wildman–Crippen MR) is 114 cm³/mol. The molecule has 0 saturated heterocycles. The van der Waals surface area contributed by atoms with Crippen molar-refractivity contribution in [1.82, 2.24) is 15.1 Å². The molecule has 0 aliphatic heterocycles. The van der Waals surface area contributed by atoms with E-state index in [1.54, 1.807) is 28.9 Å². The monoisotopic (exact) mass is 390 g/mol. The molecule has 150 valence electrons. The number of rotatable bonds is 6. The average molecular weight is 390 g/mol. The first-order valence-corrected chi connectivity index (χ1v) is 9.60. The van der Waals surface area contributed by atoms with Crippen LogP contribution in [-0.4, -0.2) is 21.6 Å². The van der Waals surface area contributed by atoms with Crippen LogP contribution in [0.3, 0.4) is 0 Å². The number of nitrogens with one attached hydrogen (secondary N) is 2. The molecular formula is C23H26N4O2. The molecule has 0 radical (unpaired) electrons. The van der Waals surface area contributed by atoms with E-state index in [1.165, 1.54) is 0 Å². The van der Waals surface area contributed by atoms with Gasteiger partial charge in [-0.2, -0.15) is 5.10 Å². The average Bonchev–Trinajstić information content (AvgIpc) is 2.95. The van der Waals surface area contributed by atoms with Gasteiger partial charge in [-0.15, -0.1) is 0 Å². The lowest BCUT2D eigenvalue weighted by molar-refractivity contribution is -0.115. The zero-order valence-corrected chi connectivity index (χ0v) is 17.2. The number of hydrogen-bond acceptors (Lipinski definition) is 3. The third-order valence-corrected chi connectivity index (χ3v) is 5.09. The fourth-order valence-electron chi connectivity index (χ4n) is 3.32. The normalized spacial score (nSPS) is 11.7. The molecule has 2 amide bonds. The SMILES string of the molecule is Cc1nn(C)c(C)c1CC(=O)Nc1ccccc1C(=O)N[C@H](C)c1ccccc1. The molecule has 0 bridgehead atoms. The van der Waals surface area contributed by atoms with Gasteiger partial charge in [-0.3, -0.25) is 14.3 Å². The van der Waals surface area contributed by atoms with Gasteiger partial charge in [-0.05, 0) is 38.5 Å². The summed E-state index contributed by atoms with van der Waals surface area (Å²) in [7, 11) is 1.86. The first-order chi connectivity index (χ1) is 13.9. The molecule has 0 fully saturated rings. The minimum atomic E-state index is -0.231. The number of carbonyl (C=O) groups excluding carboxylic acids is 2. The van der Waals surface area contributed by atoms with Gasteiger partial charge in [0, 0.05) is 18.3 Å². The summed E-state index contributed by atoms with van der Waals surface area (Å²) < 4.78 is 1.77. The van der Waals surface area contributed by atoms with Crippen molar-refractivity contribution in [2.45, 2.75) is 33.2 Å². The van der Waals surface area contributed by atoms with Crippen LogP contribution in [0.1, 0.15) is 45.8 Å². The second-order valence-electron chi connectivity index (χ2n) is 7.15. The molecular weight excluding hydrogens is 364 g/mol. The Kier molecular flexibility index (Phi) is 6.12. The maximum atomic E-state index is 12.8. The number of aromatic nitrogens is 2. The van der Waals surface area contributed by atoms with Gasteiger partial charge in [0.1, 0.15) is 0 Å². The molecule has 2 aromatic carbocycles. The van der Waals surface area contributed by atoms with Crippen molar-refractivity contribution in [1.29, 1.82) is 0 Å². The van der Waals surface area contributed by atoms with Gasteiger partial charge in [-0.25, -0.2) is 0 Å². The van der Waals surface area contributed by atoms with Gasteiger partial charge in [0.25, 0.3) is 5.91 Å². The lowest BCUT2D eigenvalue weighted by atomic mass is 10.1. The van der Waals surface area contributed by atoms with Gasteiger partial charge in [0.05, 0.1) is 29.4 Å². The number of benzene rings is 2. The standard InChI is InChI=1S/C23H26N4O2/c1-15(18-10-6-5-7-11-18)24-23(29)19-12-8-9-13-21(19)25-22(28)14-20-16(2)26-27(4)17(20)3/h5-13,15H,14H2,1-4H3,(H,24,29)(H,25,28)/t15-/m1/s1. The first kappa shape index (κ1) is 20.3. The highest BCUT2D eigenvalue weighted by Gasteiger charge is 2.18. The summed E-state index contributed by atoms with van der Waals surface area (Å²) in [6.45, 7) is 5.76. The van der Waals surface area contributed by atoms with E-state index in [2.05, 4.69) is 15.7 Å². The summed E-state index contributed by atoms with van der Waals surface area (Å²) in [5.41, 5.74) is 4.65. The molecule has 3 aromatic rings. The zero-order valence-electron chi connectivity index (χ0n) is 17.2. The fraction of sp³-hybridized carbons (Fsp3) is 0.261. The van der Waals surface area contributed by atoms with Crippen LogP contribution in [0.4, 0.5) is 5.69 Å². The summed E-state index contributed by atoms with van der Waals surface area (Å²) >= 11 is 0. The lowest BCUT2D eigenvalue weighted by Gasteiger charge is -2.16. The Balaban J connectivity index is 1.73. The Hall–Kier alpha value is -3.41. The van der Waals surface area contributed by atoms with Gasteiger partial charge >= 0.3 is 0 Å². The largest absolute Gasteiger partial charge is 0.345 e. The number of carbonyl (C=O) groups is 2. The molecule has 0 unspecified atom stereocenters. The summed E-state index contributed by atoms with van der Waals surface area (Å²) in [6, 6.07) is 16.6. The number of para-hydroxylation sites is 1. The number of anilines is 1. The Bertz CT molecular complexity index is 1020. The Morgan fingerprint density at radius 2 is 1.69 bits per heavy atom. The highest BCUT2D eigenvalue weighted by molar-refractivity contribution is 6.04. The molecule has 29 heavy (non-hydrogen) atoms. The van der Waals surface area contributed by atoms with Gasteiger partial charge in [0.2, 0.25) is 5.91 Å². The third-order valence-electron chi connectivity index (χ3n) is 5.09. The van der Waals surface area contributed by atoms with E-state index in [1.807, 2.05) is 58.2 Å². The molecule has 0 aliphatic carbocycles. The molecule has 0 saturated carbocycles. The number of nitrogens with zero attached hydrogens (tertiary/aromatic N) is 2. The molecule has 1 atom stereocenters. The van der Waals surface area contributed by atoms with Crippen molar-refractivity contribution in [2.75, 3.05) is 5.32 Å². The van der Waals surface area contributed by atoms with Crippen LogP contribution in [-0.2, 0) is 18.3 Å². The van der Waals surface area contributed by atoms with E-state index in [-0.39, 0.29) is 24.3 Å². The van der Waals surface area contributed by atoms with E-state index in [4.69, 9.17) is 0 Å². The van der Waals surface area contributed by atoms with Crippen molar-refractivity contribution in [3.05, 3.63) is 82.7 Å². The van der Waals surface area contributed by atoms with Crippen LogP contribution in [0, 0.1) is 13.8 Å². The van der Waals surface area contributed by atoms with Gasteiger partial charge < -0.3 is 10.6 Å². The van der Waals surface area contributed by atoms with Crippen molar-refractivity contribution < 1.29 is 9.59 Å². The smallest absolute Gasteiger partial charge is 0.253 e. The Morgan fingerprint density at radius 3 is 2.34 bits per heavy atom. The second-order valence-corrected chi connectivity index (χ2v) is 7.15. The third kappa shape index (κ3) is 4.71.